The molecule has 174 valence electrons. The molecule has 0 radical (unpaired) electrons. The summed E-state index contributed by atoms with van der Waals surface area (Å²) in [6, 6.07) is 14.5. The van der Waals surface area contributed by atoms with E-state index in [1.165, 1.54) is 4.90 Å². The van der Waals surface area contributed by atoms with E-state index in [2.05, 4.69) is 5.32 Å². The summed E-state index contributed by atoms with van der Waals surface area (Å²) < 4.78 is 25.9. The van der Waals surface area contributed by atoms with Crippen LogP contribution in [-0.2, 0) is 26.2 Å². The molecule has 0 saturated carbocycles. The van der Waals surface area contributed by atoms with Crippen molar-refractivity contribution in [2.75, 3.05) is 17.1 Å². The maximum absolute atomic E-state index is 13.4. The maximum Gasteiger partial charge on any atom is 0.244 e. The lowest BCUT2D eigenvalue weighted by atomic mass is 10.1. The Kier molecular flexibility index (Phi) is 9.09. The number of nitrogens with one attached hydrogen (secondary N) is 1. The van der Waals surface area contributed by atoms with Gasteiger partial charge in [0, 0.05) is 17.6 Å². The number of carbonyl (C=O) groups is 2. The van der Waals surface area contributed by atoms with Crippen LogP contribution in [0.5, 0.6) is 0 Å². The number of amides is 2. The Morgan fingerprint density at radius 1 is 1.03 bits per heavy atom. The summed E-state index contributed by atoms with van der Waals surface area (Å²) >= 11 is 6.29. The summed E-state index contributed by atoms with van der Waals surface area (Å²) in [6.45, 7) is 5.09. The zero-order valence-corrected chi connectivity index (χ0v) is 20.4. The zero-order valence-electron chi connectivity index (χ0n) is 18.8. The first-order chi connectivity index (χ1) is 15.0. The van der Waals surface area contributed by atoms with Crippen LogP contribution in [0.15, 0.2) is 54.6 Å². The summed E-state index contributed by atoms with van der Waals surface area (Å²) in [5.74, 6) is -0.823. The number of hydrogen-bond acceptors (Lipinski definition) is 4. The van der Waals surface area contributed by atoms with Gasteiger partial charge in [0.25, 0.3) is 0 Å². The van der Waals surface area contributed by atoms with Crippen LogP contribution in [0, 0.1) is 0 Å². The molecule has 0 saturated heterocycles. The lowest BCUT2D eigenvalue weighted by Gasteiger charge is -2.32. The third-order valence-corrected chi connectivity index (χ3v) is 6.70. The molecule has 2 amide bonds. The standard InChI is InChI=1S/C23H30ClN3O4S/c1-5-17(2)25-23(29)18(3)26(15-19-11-9-10-14-21(19)24)22(28)16-27(32(4,30)31)20-12-7-6-8-13-20/h6-14,17-18H,5,15-16H2,1-4H3,(H,25,29)/t17-,18-/m1/s1. The van der Waals surface area contributed by atoms with E-state index in [0.717, 1.165) is 17.0 Å². The Morgan fingerprint density at radius 3 is 2.19 bits per heavy atom. The Balaban J connectivity index is 2.37. The summed E-state index contributed by atoms with van der Waals surface area (Å²) in [6.07, 6.45) is 1.79. The van der Waals surface area contributed by atoms with E-state index < -0.39 is 28.5 Å². The average molecular weight is 480 g/mol. The number of hydrogen-bond donors (Lipinski definition) is 1. The van der Waals surface area contributed by atoms with Gasteiger partial charge in [0.15, 0.2) is 0 Å². The predicted molar refractivity (Wildman–Crippen MR) is 128 cm³/mol. The maximum atomic E-state index is 13.4. The van der Waals surface area contributed by atoms with Crippen LogP contribution < -0.4 is 9.62 Å². The highest BCUT2D eigenvalue weighted by Crippen LogP contribution is 2.21. The number of para-hydroxylation sites is 1. The molecule has 0 fully saturated rings. The van der Waals surface area contributed by atoms with Crippen LogP contribution in [0.4, 0.5) is 5.69 Å². The molecular weight excluding hydrogens is 450 g/mol. The molecule has 0 spiro atoms. The normalized spacial score (nSPS) is 13.2. The largest absolute Gasteiger partial charge is 0.352 e. The smallest absolute Gasteiger partial charge is 0.244 e. The van der Waals surface area contributed by atoms with Crippen LogP contribution in [-0.4, -0.2) is 50.0 Å². The lowest BCUT2D eigenvalue weighted by molar-refractivity contribution is -0.139. The number of benzene rings is 2. The topological polar surface area (TPSA) is 86.8 Å². The molecule has 2 aromatic carbocycles. The fourth-order valence-corrected chi connectivity index (χ4v) is 4.11. The second-order valence-corrected chi connectivity index (χ2v) is 10.0. The van der Waals surface area contributed by atoms with Crippen LogP contribution in [0.2, 0.25) is 5.02 Å². The second kappa shape index (κ2) is 11.3. The van der Waals surface area contributed by atoms with Crippen molar-refractivity contribution in [3.05, 3.63) is 65.2 Å². The molecule has 0 unspecified atom stereocenters. The highest BCUT2D eigenvalue weighted by molar-refractivity contribution is 7.92. The van der Waals surface area contributed by atoms with Gasteiger partial charge in [0.2, 0.25) is 21.8 Å². The SMILES string of the molecule is CC[C@@H](C)NC(=O)[C@@H](C)N(Cc1ccccc1Cl)C(=O)CN(c1ccccc1)S(C)(=O)=O. The van der Waals surface area contributed by atoms with E-state index >= 15 is 0 Å². The molecule has 2 aromatic rings. The van der Waals surface area contributed by atoms with Crippen LogP contribution in [0.3, 0.4) is 0 Å². The highest BCUT2D eigenvalue weighted by Gasteiger charge is 2.30. The molecule has 9 heteroatoms. The van der Waals surface area contributed by atoms with Gasteiger partial charge in [-0.2, -0.15) is 0 Å². The van der Waals surface area contributed by atoms with Gasteiger partial charge < -0.3 is 10.2 Å². The van der Waals surface area contributed by atoms with Gasteiger partial charge in [-0.05, 0) is 44.0 Å². The Bertz CT molecular complexity index is 1030. The molecule has 0 aliphatic heterocycles. The fourth-order valence-electron chi connectivity index (χ4n) is 3.07. The fraction of sp³-hybridized carbons (Fsp3) is 0.391. The third-order valence-electron chi connectivity index (χ3n) is 5.19. The Hall–Kier alpha value is -2.58. The Morgan fingerprint density at radius 2 is 1.62 bits per heavy atom. The Labute approximate surface area is 195 Å². The predicted octanol–water partition coefficient (Wildman–Crippen LogP) is 3.44. The lowest BCUT2D eigenvalue weighted by Crippen LogP contribution is -2.52. The summed E-state index contributed by atoms with van der Waals surface area (Å²) in [4.78, 5) is 27.6. The number of carbonyl (C=O) groups excluding carboxylic acids is 2. The van der Waals surface area contributed by atoms with Gasteiger partial charge in [-0.15, -0.1) is 0 Å². The number of anilines is 1. The van der Waals surface area contributed by atoms with E-state index in [1.807, 2.05) is 13.8 Å². The second-order valence-electron chi connectivity index (χ2n) is 7.71. The molecule has 7 nitrogen and oxygen atoms in total. The average Bonchev–Trinajstić information content (AvgIpc) is 2.75. The number of halogens is 1. The molecule has 2 atom stereocenters. The third kappa shape index (κ3) is 6.97. The first kappa shape index (κ1) is 25.7. The minimum absolute atomic E-state index is 0.0564. The molecule has 0 aromatic heterocycles. The van der Waals surface area contributed by atoms with Crippen molar-refractivity contribution < 1.29 is 18.0 Å². The van der Waals surface area contributed by atoms with Crippen LogP contribution in [0.1, 0.15) is 32.8 Å². The van der Waals surface area contributed by atoms with Crippen LogP contribution >= 0.6 is 11.6 Å². The van der Waals surface area contributed by atoms with E-state index in [4.69, 9.17) is 11.6 Å². The van der Waals surface area contributed by atoms with E-state index in [0.29, 0.717) is 16.3 Å². The monoisotopic (exact) mass is 479 g/mol. The van der Waals surface area contributed by atoms with Crippen molar-refractivity contribution in [1.29, 1.82) is 0 Å². The summed E-state index contributed by atoms with van der Waals surface area (Å²) in [5, 5.41) is 3.34. The van der Waals surface area contributed by atoms with Gasteiger partial charge in [-0.3, -0.25) is 13.9 Å². The van der Waals surface area contributed by atoms with Gasteiger partial charge in [-0.1, -0.05) is 54.9 Å². The highest BCUT2D eigenvalue weighted by atomic mass is 35.5. The quantitative estimate of drug-likeness (QED) is 0.565. The molecule has 0 bridgehead atoms. The summed E-state index contributed by atoms with van der Waals surface area (Å²) in [7, 11) is -3.74. The first-order valence-corrected chi connectivity index (χ1v) is 12.6. The van der Waals surface area contributed by atoms with E-state index in [1.54, 1.807) is 61.5 Å². The van der Waals surface area contributed by atoms with Gasteiger partial charge >= 0.3 is 0 Å². The minimum Gasteiger partial charge on any atom is -0.352 e. The van der Waals surface area contributed by atoms with E-state index in [-0.39, 0.29) is 18.5 Å². The van der Waals surface area contributed by atoms with Crippen molar-refractivity contribution in [3.8, 4) is 0 Å². The molecule has 0 aliphatic carbocycles. The first-order valence-electron chi connectivity index (χ1n) is 10.4. The zero-order chi connectivity index (χ0) is 23.9. The van der Waals surface area contributed by atoms with Gasteiger partial charge in [0.1, 0.15) is 12.6 Å². The van der Waals surface area contributed by atoms with Crippen molar-refractivity contribution >= 4 is 39.1 Å². The molecule has 0 aliphatic rings. The number of nitrogens with zero attached hydrogens (tertiary/aromatic N) is 2. The van der Waals surface area contributed by atoms with Crippen LogP contribution in [0.25, 0.3) is 0 Å². The van der Waals surface area contributed by atoms with Crippen molar-refractivity contribution in [2.24, 2.45) is 0 Å². The number of rotatable bonds is 10. The summed E-state index contributed by atoms with van der Waals surface area (Å²) in [5.41, 5.74) is 1.04. The molecule has 32 heavy (non-hydrogen) atoms. The minimum atomic E-state index is -3.74. The van der Waals surface area contributed by atoms with Crippen molar-refractivity contribution in [1.82, 2.24) is 10.2 Å². The van der Waals surface area contributed by atoms with Gasteiger partial charge in [0.05, 0.1) is 11.9 Å². The van der Waals surface area contributed by atoms with Gasteiger partial charge in [-0.25, -0.2) is 8.42 Å². The molecule has 0 heterocycles. The van der Waals surface area contributed by atoms with E-state index in [9.17, 15) is 18.0 Å². The molecule has 1 N–H and O–H groups in total. The van der Waals surface area contributed by atoms with Crippen molar-refractivity contribution in [3.63, 3.8) is 0 Å². The molecular formula is C23H30ClN3O4S. The van der Waals surface area contributed by atoms with Crippen molar-refractivity contribution in [2.45, 2.75) is 45.8 Å². The molecule has 2 rings (SSSR count). The number of sulfonamides is 1.